The average Bonchev–Trinajstić information content (AvgIpc) is 2.92. The summed E-state index contributed by atoms with van der Waals surface area (Å²) < 4.78 is 5.32. The van der Waals surface area contributed by atoms with Crippen LogP contribution in [0, 0.1) is 11.8 Å². The van der Waals surface area contributed by atoms with Crippen LogP contribution in [0.15, 0.2) is 18.2 Å². The Balaban J connectivity index is 1.82. The van der Waals surface area contributed by atoms with Gasteiger partial charge in [-0.15, -0.1) is 0 Å². The molecule has 0 radical (unpaired) electrons. The van der Waals surface area contributed by atoms with Gasteiger partial charge in [0.2, 0.25) is 18.2 Å². The van der Waals surface area contributed by atoms with Crippen molar-refractivity contribution in [2.24, 2.45) is 0 Å². The maximum absolute atomic E-state index is 12.4. The fourth-order valence-electron chi connectivity index (χ4n) is 3.57. The molecule has 3 rings (SSSR count). The molecule has 2 aliphatic rings. The maximum atomic E-state index is 12.4. The van der Waals surface area contributed by atoms with Crippen LogP contribution in [0.1, 0.15) is 39.2 Å². The van der Waals surface area contributed by atoms with Crippen molar-refractivity contribution in [3.05, 3.63) is 23.8 Å². The largest absolute Gasteiger partial charge is 0.444 e. The van der Waals surface area contributed by atoms with Crippen molar-refractivity contribution in [1.82, 2.24) is 10.2 Å². The van der Waals surface area contributed by atoms with Crippen LogP contribution in [0.4, 0.5) is 16.2 Å². The molecule has 2 N–H and O–H groups in total. The van der Waals surface area contributed by atoms with Crippen LogP contribution in [-0.2, 0) is 14.3 Å². The van der Waals surface area contributed by atoms with Crippen LogP contribution < -0.4 is 15.1 Å². The number of carbonyl (C=O) groups is 3. The van der Waals surface area contributed by atoms with E-state index >= 15 is 0 Å². The van der Waals surface area contributed by atoms with Gasteiger partial charge >= 0.3 is 6.09 Å². The fourth-order valence-corrected chi connectivity index (χ4v) is 3.57. The first-order valence-electron chi connectivity index (χ1n) is 10.1. The predicted octanol–water partition coefficient (Wildman–Crippen LogP) is 1.24. The second-order valence-corrected chi connectivity index (χ2v) is 8.64. The van der Waals surface area contributed by atoms with Gasteiger partial charge in [0, 0.05) is 20.5 Å². The van der Waals surface area contributed by atoms with Gasteiger partial charge in [0.15, 0.2) is 0 Å². The number of aliphatic hydroxyl groups is 1. The molecule has 166 valence electrons. The van der Waals surface area contributed by atoms with Crippen molar-refractivity contribution in [3.63, 3.8) is 0 Å². The quantitative estimate of drug-likeness (QED) is 0.540. The number of aliphatic hydroxyl groups excluding tert-OH is 1. The summed E-state index contributed by atoms with van der Waals surface area (Å²) in [4.78, 5) is 40.6. The van der Waals surface area contributed by atoms with Gasteiger partial charge in [0.05, 0.1) is 23.5 Å². The minimum absolute atomic E-state index is 0.168. The highest BCUT2D eigenvalue weighted by Crippen LogP contribution is 2.42. The maximum Gasteiger partial charge on any atom is 0.410 e. The monoisotopic (exact) mass is 428 g/mol. The minimum Gasteiger partial charge on any atom is -0.444 e. The van der Waals surface area contributed by atoms with E-state index < -0.39 is 30.0 Å². The number of imide groups is 1. The number of ether oxygens (including phenoxy) is 1. The SMILES string of the molecule is CN(CC#Cc1cccc2c1N(C)C(O)N2C1CCC(=O)NC1=O)C(=O)OC(C)(C)C. The molecular formula is C22H28N4O5. The lowest BCUT2D eigenvalue weighted by Gasteiger charge is -2.34. The number of hydrogen-bond donors (Lipinski definition) is 2. The summed E-state index contributed by atoms with van der Waals surface area (Å²) in [6, 6.07) is 4.77. The van der Waals surface area contributed by atoms with Gasteiger partial charge in [0.1, 0.15) is 11.6 Å². The summed E-state index contributed by atoms with van der Waals surface area (Å²) in [6.07, 6.45) is -0.983. The van der Waals surface area contributed by atoms with E-state index in [1.165, 1.54) is 4.90 Å². The molecule has 2 atom stereocenters. The van der Waals surface area contributed by atoms with Crippen molar-refractivity contribution in [2.75, 3.05) is 30.4 Å². The topological polar surface area (TPSA) is 102 Å². The van der Waals surface area contributed by atoms with Crippen molar-refractivity contribution in [1.29, 1.82) is 0 Å². The number of amides is 3. The van der Waals surface area contributed by atoms with E-state index in [4.69, 9.17) is 4.74 Å². The molecule has 0 saturated carbocycles. The molecule has 0 bridgehead atoms. The molecular weight excluding hydrogens is 400 g/mol. The van der Waals surface area contributed by atoms with E-state index in [-0.39, 0.29) is 18.9 Å². The van der Waals surface area contributed by atoms with Crippen LogP contribution in [0.25, 0.3) is 0 Å². The molecule has 2 unspecified atom stereocenters. The Kier molecular flexibility index (Phi) is 6.13. The van der Waals surface area contributed by atoms with Crippen LogP contribution in [0.2, 0.25) is 0 Å². The predicted molar refractivity (Wildman–Crippen MR) is 115 cm³/mol. The van der Waals surface area contributed by atoms with Crippen LogP contribution in [-0.4, -0.2) is 66.5 Å². The Labute approximate surface area is 181 Å². The van der Waals surface area contributed by atoms with Gasteiger partial charge in [-0.25, -0.2) is 4.79 Å². The summed E-state index contributed by atoms with van der Waals surface area (Å²) in [7, 11) is 3.33. The molecule has 3 amide bonds. The Morgan fingerprint density at radius 3 is 2.71 bits per heavy atom. The van der Waals surface area contributed by atoms with Crippen LogP contribution >= 0.6 is 0 Å². The second-order valence-electron chi connectivity index (χ2n) is 8.64. The van der Waals surface area contributed by atoms with Gasteiger partial charge in [0.25, 0.3) is 0 Å². The van der Waals surface area contributed by atoms with Crippen molar-refractivity contribution >= 4 is 29.3 Å². The van der Waals surface area contributed by atoms with Gasteiger partial charge in [-0.2, -0.15) is 0 Å². The average molecular weight is 428 g/mol. The summed E-state index contributed by atoms with van der Waals surface area (Å²) in [5.41, 5.74) is 1.42. The van der Waals surface area contributed by atoms with Crippen LogP contribution in [0.3, 0.4) is 0 Å². The summed E-state index contributed by atoms with van der Waals surface area (Å²) in [5.74, 6) is 5.29. The molecule has 1 aromatic carbocycles. The van der Waals surface area contributed by atoms with E-state index in [1.54, 1.807) is 50.7 Å². The first-order valence-corrected chi connectivity index (χ1v) is 10.1. The van der Waals surface area contributed by atoms with E-state index in [1.807, 2.05) is 12.1 Å². The Morgan fingerprint density at radius 2 is 2.06 bits per heavy atom. The summed E-state index contributed by atoms with van der Waals surface area (Å²) >= 11 is 0. The van der Waals surface area contributed by atoms with Gasteiger partial charge in [-0.3, -0.25) is 14.9 Å². The van der Waals surface area contributed by atoms with Crippen molar-refractivity contribution < 1.29 is 24.2 Å². The Bertz CT molecular complexity index is 959. The number of rotatable bonds is 2. The normalized spacial score (nSPS) is 20.6. The van der Waals surface area contributed by atoms with Crippen molar-refractivity contribution in [3.8, 4) is 11.8 Å². The summed E-state index contributed by atoms with van der Waals surface area (Å²) in [6.45, 7) is 5.56. The molecule has 2 heterocycles. The van der Waals surface area contributed by atoms with E-state index in [0.717, 1.165) is 0 Å². The number of anilines is 2. The number of carbonyl (C=O) groups excluding carboxylic acids is 3. The van der Waals surface area contributed by atoms with Crippen LogP contribution in [0.5, 0.6) is 0 Å². The number of benzene rings is 1. The molecule has 0 spiro atoms. The zero-order chi connectivity index (χ0) is 22.9. The molecule has 9 nitrogen and oxygen atoms in total. The van der Waals surface area contributed by atoms with E-state index in [0.29, 0.717) is 23.4 Å². The molecule has 1 fully saturated rings. The standard InChI is InChI=1S/C22H28N4O5/c1-22(2,3)31-21(30)24(4)13-7-9-14-8-6-10-15-18(14)25(5)20(29)26(15)16-11-12-17(27)23-19(16)28/h6,8,10,16,20,29H,11-13H2,1-5H3,(H,23,27,28). The highest BCUT2D eigenvalue weighted by Gasteiger charge is 2.42. The first kappa shape index (κ1) is 22.4. The highest BCUT2D eigenvalue weighted by molar-refractivity contribution is 6.02. The molecule has 1 aromatic rings. The zero-order valence-electron chi connectivity index (χ0n) is 18.4. The lowest BCUT2D eigenvalue weighted by molar-refractivity contribution is -0.134. The number of fused-ring (bicyclic) bond motifs is 1. The zero-order valence-corrected chi connectivity index (χ0v) is 18.4. The number of nitrogens with one attached hydrogen (secondary N) is 1. The highest BCUT2D eigenvalue weighted by atomic mass is 16.6. The Morgan fingerprint density at radius 1 is 1.35 bits per heavy atom. The van der Waals surface area contributed by atoms with Gasteiger partial charge in [-0.05, 0) is 39.3 Å². The van der Waals surface area contributed by atoms with E-state index in [9.17, 15) is 19.5 Å². The van der Waals surface area contributed by atoms with Gasteiger partial charge in [-0.1, -0.05) is 17.9 Å². The van der Waals surface area contributed by atoms with E-state index in [2.05, 4.69) is 17.2 Å². The lowest BCUT2D eigenvalue weighted by atomic mass is 10.0. The third-order valence-corrected chi connectivity index (χ3v) is 5.03. The third kappa shape index (κ3) is 4.75. The number of hydrogen-bond acceptors (Lipinski definition) is 7. The second kappa shape index (κ2) is 8.47. The first-order chi connectivity index (χ1) is 14.5. The molecule has 9 heteroatoms. The Hall–Kier alpha value is -3.25. The number of nitrogens with zero attached hydrogens (tertiary/aromatic N) is 3. The smallest absolute Gasteiger partial charge is 0.410 e. The molecule has 0 aliphatic carbocycles. The molecule has 31 heavy (non-hydrogen) atoms. The fraction of sp³-hybridized carbons (Fsp3) is 0.500. The number of piperidine rings is 1. The summed E-state index contributed by atoms with van der Waals surface area (Å²) in [5, 5.41) is 13.1. The molecule has 2 aliphatic heterocycles. The van der Waals surface area contributed by atoms with Crippen molar-refractivity contribution in [2.45, 2.75) is 51.6 Å². The molecule has 0 aromatic heterocycles. The lowest BCUT2D eigenvalue weighted by Crippen LogP contribution is -2.56. The molecule has 1 saturated heterocycles. The van der Waals surface area contributed by atoms with Gasteiger partial charge < -0.3 is 24.5 Å². The number of para-hydroxylation sites is 1. The third-order valence-electron chi connectivity index (χ3n) is 5.03. The minimum atomic E-state index is -1.06.